The number of aryl methyl sites for hydroxylation is 2. The van der Waals surface area contributed by atoms with Gasteiger partial charge in [-0.25, -0.2) is 17.8 Å². The van der Waals surface area contributed by atoms with E-state index < -0.39 is 15.8 Å². The molecule has 3 heterocycles. The van der Waals surface area contributed by atoms with Crippen LogP contribution in [0.4, 0.5) is 10.1 Å². The van der Waals surface area contributed by atoms with E-state index in [0.717, 1.165) is 38.1 Å². The zero-order valence-electron chi connectivity index (χ0n) is 16.9. The predicted octanol–water partition coefficient (Wildman–Crippen LogP) is 4.29. The molecule has 7 nitrogen and oxygen atoms in total. The van der Waals surface area contributed by atoms with Crippen LogP contribution in [0.1, 0.15) is 28.2 Å². The average molecular weight is 483 g/mol. The lowest BCUT2D eigenvalue weighted by molar-refractivity contribution is 0.0796. The summed E-state index contributed by atoms with van der Waals surface area (Å²) in [5, 5.41) is 0.518. The predicted molar refractivity (Wildman–Crippen MR) is 119 cm³/mol. The van der Waals surface area contributed by atoms with Crippen LogP contribution in [0.25, 0.3) is 10.7 Å². The summed E-state index contributed by atoms with van der Waals surface area (Å²) in [5.74, 6) is -0.596. The Hall–Kier alpha value is -2.43. The van der Waals surface area contributed by atoms with Crippen LogP contribution in [0.5, 0.6) is 0 Å². The molecule has 0 aliphatic carbocycles. The van der Waals surface area contributed by atoms with Crippen molar-refractivity contribution in [3.05, 3.63) is 51.9 Å². The van der Waals surface area contributed by atoms with Crippen LogP contribution in [0.3, 0.4) is 0 Å². The maximum Gasteiger partial charge on any atom is 0.265 e. The molecule has 0 unspecified atom stereocenters. The average Bonchev–Trinajstić information content (AvgIpc) is 3.43. The second-order valence-electron chi connectivity index (χ2n) is 7.33. The van der Waals surface area contributed by atoms with Gasteiger partial charge >= 0.3 is 0 Å². The molecule has 1 aliphatic rings. The number of carbonyl (C=O) groups excluding carboxylic acids is 1. The van der Waals surface area contributed by atoms with Crippen molar-refractivity contribution in [2.75, 3.05) is 17.8 Å². The summed E-state index contributed by atoms with van der Waals surface area (Å²) in [6.07, 6.45) is 3.45. The summed E-state index contributed by atoms with van der Waals surface area (Å²) in [6, 6.07) is 4.91. The molecule has 1 saturated heterocycles. The number of carbonyl (C=O) groups is 1. The SMILES string of the molecule is Cc1nc(-c2cc(S(=O)(=O)Nc3ccc(F)cc3Cl)cn2C)sc1C(=O)N1CCCC1. The highest BCUT2D eigenvalue weighted by atomic mass is 35.5. The van der Waals surface area contributed by atoms with Gasteiger partial charge in [0.15, 0.2) is 0 Å². The van der Waals surface area contributed by atoms with E-state index in [1.54, 1.807) is 18.5 Å². The zero-order chi connectivity index (χ0) is 22.3. The van der Waals surface area contributed by atoms with Crippen molar-refractivity contribution in [3.8, 4) is 10.7 Å². The molecule has 1 aliphatic heterocycles. The molecule has 31 heavy (non-hydrogen) atoms. The Morgan fingerprint density at radius 3 is 2.65 bits per heavy atom. The highest BCUT2D eigenvalue weighted by Gasteiger charge is 2.26. The molecule has 2 aromatic heterocycles. The number of anilines is 1. The molecule has 11 heteroatoms. The van der Waals surface area contributed by atoms with Gasteiger partial charge in [0.05, 0.1) is 22.1 Å². The summed E-state index contributed by atoms with van der Waals surface area (Å²) < 4.78 is 42.9. The topological polar surface area (TPSA) is 84.3 Å². The van der Waals surface area contributed by atoms with Gasteiger partial charge in [-0.1, -0.05) is 11.6 Å². The van der Waals surface area contributed by atoms with Crippen molar-refractivity contribution < 1.29 is 17.6 Å². The molecule has 164 valence electrons. The van der Waals surface area contributed by atoms with Crippen LogP contribution >= 0.6 is 22.9 Å². The van der Waals surface area contributed by atoms with Gasteiger partial charge in [0.2, 0.25) is 0 Å². The minimum Gasteiger partial charge on any atom is -0.347 e. The molecule has 1 N–H and O–H groups in total. The van der Waals surface area contributed by atoms with E-state index in [2.05, 4.69) is 9.71 Å². The molecule has 0 radical (unpaired) electrons. The molecule has 1 fully saturated rings. The Morgan fingerprint density at radius 1 is 1.26 bits per heavy atom. The van der Waals surface area contributed by atoms with Crippen molar-refractivity contribution in [2.45, 2.75) is 24.7 Å². The summed E-state index contributed by atoms with van der Waals surface area (Å²) in [6.45, 7) is 3.27. The lowest BCUT2D eigenvalue weighted by Gasteiger charge is -2.13. The van der Waals surface area contributed by atoms with E-state index in [-0.39, 0.29) is 21.5 Å². The van der Waals surface area contributed by atoms with E-state index in [4.69, 9.17) is 11.6 Å². The Morgan fingerprint density at radius 2 is 1.97 bits per heavy atom. The summed E-state index contributed by atoms with van der Waals surface area (Å²) in [5.41, 5.74) is 1.27. The fraction of sp³-hybridized carbons (Fsp3) is 0.300. The van der Waals surface area contributed by atoms with Gasteiger partial charge in [-0.2, -0.15) is 0 Å². The van der Waals surface area contributed by atoms with Crippen molar-refractivity contribution in [1.82, 2.24) is 14.5 Å². The fourth-order valence-corrected chi connectivity index (χ4v) is 5.95. The third kappa shape index (κ3) is 4.32. The van der Waals surface area contributed by atoms with Gasteiger partial charge in [-0.15, -0.1) is 11.3 Å². The zero-order valence-corrected chi connectivity index (χ0v) is 19.2. The molecule has 1 amide bonds. The first-order valence-corrected chi connectivity index (χ1v) is 12.2. The van der Waals surface area contributed by atoms with E-state index in [0.29, 0.717) is 21.3 Å². The van der Waals surface area contributed by atoms with Gasteiger partial charge in [0.1, 0.15) is 20.6 Å². The number of halogens is 2. The van der Waals surface area contributed by atoms with E-state index >= 15 is 0 Å². The van der Waals surface area contributed by atoms with Crippen LogP contribution in [0.2, 0.25) is 5.02 Å². The van der Waals surface area contributed by atoms with Gasteiger partial charge in [-0.05, 0) is 44.0 Å². The molecular weight excluding hydrogens is 463 g/mol. The molecule has 4 rings (SSSR count). The van der Waals surface area contributed by atoms with Gasteiger partial charge in [-0.3, -0.25) is 9.52 Å². The Kier molecular flexibility index (Phi) is 5.80. The van der Waals surface area contributed by atoms with E-state index in [1.165, 1.54) is 29.7 Å². The van der Waals surface area contributed by atoms with E-state index in [9.17, 15) is 17.6 Å². The normalized spacial score (nSPS) is 14.3. The molecule has 0 spiro atoms. The third-order valence-corrected chi connectivity index (χ3v) is 7.88. The number of sulfonamides is 1. The number of hydrogen-bond acceptors (Lipinski definition) is 5. The maximum atomic E-state index is 13.2. The van der Waals surface area contributed by atoms with Gasteiger partial charge < -0.3 is 9.47 Å². The number of nitrogens with zero attached hydrogens (tertiary/aromatic N) is 3. The Balaban J connectivity index is 1.63. The van der Waals surface area contributed by atoms with Crippen molar-refractivity contribution in [3.63, 3.8) is 0 Å². The molecule has 0 bridgehead atoms. The number of benzene rings is 1. The number of nitrogens with one attached hydrogen (secondary N) is 1. The van der Waals surface area contributed by atoms with Crippen molar-refractivity contribution >= 4 is 44.6 Å². The van der Waals surface area contributed by atoms with E-state index in [1.807, 2.05) is 4.90 Å². The number of amides is 1. The fourth-order valence-electron chi connectivity index (χ4n) is 3.44. The van der Waals surface area contributed by atoms with Crippen molar-refractivity contribution in [2.24, 2.45) is 7.05 Å². The van der Waals surface area contributed by atoms with Crippen LogP contribution in [-0.4, -0.2) is 41.9 Å². The van der Waals surface area contributed by atoms with Crippen molar-refractivity contribution in [1.29, 1.82) is 0 Å². The summed E-state index contributed by atoms with van der Waals surface area (Å²) in [4.78, 5) is 19.7. The second kappa shape index (κ2) is 8.25. The second-order valence-corrected chi connectivity index (χ2v) is 10.4. The monoisotopic (exact) mass is 482 g/mol. The van der Waals surface area contributed by atoms with Crippen LogP contribution in [0.15, 0.2) is 35.4 Å². The van der Waals surface area contributed by atoms with Gasteiger partial charge in [0.25, 0.3) is 15.9 Å². The third-order valence-electron chi connectivity index (χ3n) is 5.07. The minimum atomic E-state index is -3.97. The quantitative estimate of drug-likeness (QED) is 0.588. The lowest BCUT2D eigenvalue weighted by Crippen LogP contribution is -2.27. The summed E-state index contributed by atoms with van der Waals surface area (Å²) in [7, 11) is -2.26. The Labute approximate surface area is 188 Å². The van der Waals surface area contributed by atoms with Crippen LogP contribution < -0.4 is 4.72 Å². The molecule has 0 atom stereocenters. The first-order chi connectivity index (χ1) is 14.7. The summed E-state index contributed by atoms with van der Waals surface area (Å²) >= 11 is 7.20. The molecular formula is C20H20ClFN4O3S2. The minimum absolute atomic E-state index is 0.00524. The maximum absolute atomic E-state index is 13.2. The number of rotatable bonds is 5. The number of thiazole rings is 1. The largest absolute Gasteiger partial charge is 0.347 e. The standard InChI is InChI=1S/C20H20ClFN4O3S2/c1-12-18(20(27)26-7-3-4-8-26)30-19(23-12)17-10-14(11-25(17)2)31(28,29)24-16-6-5-13(22)9-15(16)21/h5-6,9-11,24H,3-4,7-8H2,1-2H3. The molecule has 1 aromatic carbocycles. The molecule has 0 saturated carbocycles. The van der Waals surface area contributed by atoms with Gasteiger partial charge in [0, 0.05) is 26.3 Å². The highest BCUT2D eigenvalue weighted by molar-refractivity contribution is 7.92. The van der Waals surface area contributed by atoms with Crippen LogP contribution in [0, 0.1) is 12.7 Å². The number of likely N-dealkylation sites (tertiary alicyclic amines) is 1. The lowest BCUT2D eigenvalue weighted by atomic mass is 10.3. The number of hydrogen-bond donors (Lipinski definition) is 1. The first-order valence-electron chi connectivity index (χ1n) is 9.57. The highest BCUT2D eigenvalue weighted by Crippen LogP contribution is 2.32. The molecule has 3 aromatic rings. The Bertz CT molecular complexity index is 1260. The first kappa shape index (κ1) is 21.8. The number of aromatic nitrogens is 2. The smallest absolute Gasteiger partial charge is 0.265 e. The van der Waals surface area contributed by atoms with Crippen LogP contribution in [-0.2, 0) is 17.1 Å².